The number of allylic oxidation sites excluding steroid dienone is 2. The molecule has 11 heavy (non-hydrogen) atoms. The summed E-state index contributed by atoms with van der Waals surface area (Å²) in [5.41, 5.74) is 0. The van der Waals surface area contributed by atoms with Crippen LogP contribution in [0.25, 0.3) is 0 Å². The molecule has 0 saturated heterocycles. The molecule has 0 spiro atoms. The van der Waals surface area contributed by atoms with Crippen LogP contribution in [0.1, 0.15) is 33.6 Å². The van der Waals surface area contributed by atoms with E-state index in [1.54, 1.807) is 0 Å². The van der Waals surface area contributed by atoms with E-state index < -0.39 is 0 Å². The highest BCUT2D eigenvalue weighted by molar-refractivity contribution is 5.67. The van der Waals surface area contributed by atoms with Gasteiger partial charge in [-0.3, -0.25) is 0 Å². The Morgan fingerprint density at radius 3 is 2.36 bits per heavy atom. The second-order valence-corrected chi connectivity index (χ2v) is 3.25. The first-order chi connectivity index (χ1) is 5.22. The van der Waals surface area contributed by atoms with Gasteiger partial charge in [-0.05, 0) is 24.3 Å². The van der Waals surface area contributed by atoms with E-state index in [4.69, 9.17) is 5.41 Å². The van der Waals surface area contributed by atoms with E-state index in [0.29, 0.717) is 11.8 Å². The van der Waals surface area contributed by atoms with Crippen molar-refractivity contribution in [3.63, 3.8) is 0 Å². The number of rotatable bonds is 5. The summed E-state index contributed by atoms with van der Waals surface area (Å²) in [5, 5.41) is 6.86. The molecule has 0 aliphatic rings. The molecule has 0 aromatic rings. The Labute approximate surface area is 70.0 Å². The van der Waals surface area contributed by atoms with Crippen molar-refractivity contribution in [3.05, 3.63) is 12.2 Å². The van der Waals surface area contributed by atoms with Crippen LogP contribution in [0.4, 0.5) is 0 Å². The van der Waals surface area contributed by atoms with Gasteiger partial charge in [0.1, 0.15) is 0 Å². The summed E-state index contributed by atoms with van der Waals surface area (Å²) in [4.78, 5) is 0. The second kappa shape index (κ2) is 6.14. The van der Waals surface area contributed by atoms with Gasteiger partial charge in [-0.15, -0.1) is 0 Å². The van der Waals surface area contributed by atoms with Gasteiger partial charge in [0.2, 0.25) is 0 Å². The Kier molecular flexibility index (Phi) is 5.81. The normalized spacial score (nSPS) is 14.2. The maximum absolute atomic E-state index is 6.86. The third kappa shape index (κ3) is 4.77. The average molecular weight is 153 g/mol. The molecule has 1 heteroatoms. The van der Waals surface area contributed by atoms with Crippen molar-refractivity contribution in [1.29, 1.82) is 5.41 Å². The molecule has 0 aromatic heterocycles. The molecule has 0 fully saturated rings. The fraction of sp³-hybridized carbons (Fsp3) is 0.700. The van der Waals surface area contributed by atoms with Crippen LogP contribution in [0.15, 0.2) is 12.2 Å². The predicted octanol–water partition coefficient (Wildman–Crippen LogP) is 3.26. The van der Waals surface area contributed by atoms with Gasteiger partial charge < -0.3 is 5.41 Å². The molecule has 1 N–H and O–H groups in total. The Bertz CT molecular complexity index is 125. The summed E-state index contributed by atoms with van der Waals surface area (Å²) < 4.78 is 0. The topological polar surface area (TPSA) is 23.9 Å². The summed E-state index contributed by atoms with van der Waals surface area (Å²) in [7, 11) is 0. The summed E-state index contributed by atoms with van der Waals surface area (Å²) in [6, 6.07) is 0. The van der Waals surface area contributed by atoms with Crippen LogP contribution in [0.2, 0.25) is 0 Å². The van der Waals surface area contributed by atoms with Crippen LogP contribution in [0.5, 0.6) is 0 Å². The van der Waals surface area contributed by atoms with Crippen molar-refractivity contribution in [3.8, 4) is 0 Å². The third-order valence-electron chi connectivity index (χ3n) is 1.93. The van der Waals surface area contributed by atoms with E-state index in [0.717, 1.165) is 0 Å². The first-order valence-corrected chi connectivity index (χ1v) is 4.39. The number of nitrogens with one attached hydrogen (secondary N) is 1. The Morgan fingerprint density at radius 2 is 2.00 bits per heavy atom. The first kappa shape index (κ1) is 10.4. The standard InChI is InChI=1S/C10H19N/c1-4-6-10(9(2)3)7-5-8-11/h5,7-11H,4,6H2,1-3H3. The average Bonchev–Trinajstić information content (AvgIpc) is 1.97. The zero-order chi connectivity index (χ0) is 8.69. The van der Waals surface area contributed by atoms with E-state index in [9.17, 15) is 0 Å². The van der Waals surface area contributed by atoms with Crippen LogP contribution < -0.4 is 0 Å². The van der Waals surface area contributed by atoms with Gasteiger partial charge in [0.05, 0.1) is 0 Å². The van der Waals surface area contributed by atoms with Crippen molar-refractivity contribution in [2.24, 2.45) is 11.8 Å². The Morgan fingerprint density at radius 1 is 1.36 bits per heavy atom. The van der Waals surface area contributed by atoms with Crippen LogP contribution in [0, 0.1) is 17.2 Å². The largest absolute Gasteiger partial charge is 0.309 e. The SMILES string of the molecule is CCCC(C=CC=N)C(C)C. The lowest BCUT2D eigenvalue weighted by Crippen LogP contribution is -2.04. The Hall–Kier alpha value is -0.590. The van der Waals surface area contributed by atoms with Crippen LogP contribution in [-0.2, 0) is 0 Å². The zero-order valence-corrected chi connectivity index (χ0v) is 7.80. The highest BCUT2D eigenvalue weighted by Crippen LogP contribution is 2.17. The van der Waals surface area contributed by atoms with E-state index in [2.05, 4.69) is 26.8 Å². The molecule has 0 aromatic carbocycles. The molecule has 0 radical (unpaired) electrons. The van der Waals surface area contributed by atoms with Gasteiger partial charge in [0.15, 0.2) is 0 Å². The molecule has 0 amide bonds. The van der Waals surface area contributed by atoms with Crippen LogP contribution in [0.3, 0.4) is 0 Å². The minimum atomic E-state index is 0.654. The summed E-state index contributed by atoms with van der Waals surface area (Å²) in [6.07, 6.45) is 7.79. The van der Waals surface area contributed by atoms with Gasteiger partial charge in [0, 0.05) is 6.21 Å². The Balaban J connectivity index is 3.87. The lowest BCUT2D eigenvalue weighted by atomic mass is 9.91. The summed E-state index contributed by atoms with van der Waals surface area (Å²) in [5.74, 6) is 1.35. The van der Waals surface area contributed by atoms with Crippen molar-refractivity contribution in [2.75, 3.05) is 0 Å². The van der Waals surface area contributed by atoms with Crippen LogP contribution >= 0.6 is 0 Å². The van der Waals surface area contributed by atoms with Gasteiger partial charge in [-0.2, -0.15) is 0 Å². The van der Waals surface area contributed by atoms with Crippen molar-refractivity contribution >= 4 is 6.21 Å². The van der Waals surface area contributed by atoms with E-state index in [-0.39, 0.29) is 0 Å². The molecule has 0 aliphatic carbocycles. The quantitative estimate of drug-likeness (QED) is 0.586. The maximum atomic E-state index is 6.86. The maximum Gasteiger partial charge on any atom is 0.0174 e. The molecule has 0 rings (SSSR count). The molecule has 64 valence electrons. The fourth-order valence-electron chi connectivity index (χ4n) is 1.18. The molecule has 1 unspecified atom stereocenters. The molecule has 1 atom stereocenters. The van der Waals surface area contributed by atoms with Gasteiger partial charge in [0.25, 0.3) is 0 Å². The van der Waals surface area contributed by atoms with Crippen molar-refractivity contribution in [1.82, 2.24) is 0 Å². The van der Waals surface area contributed by atoms with Crippen molar-refractivity contribution in [2.45, 2.75) is 33.6 Å². The lowest BCUT2D eigenvalue weighted by Gasteiger charge is -2.14. The summed E-state index contributed by atoms with van der Waals surface area (Å²) >= 11 is 0. The second-order valence-electron chi connectivity index (χ2n) is 3.25. The predicted molar refractivity (Wildman–Crippen MR) is 51.2 cm³/mol. The molecule has 1 nitrogen and oxygen atoms in total. The highest BCUT2D eigenvalue weighted by Gasteiger charge is 2.06. The van der Waals surface area contributed by atoms with E-state index in [1.807, 2.05) is 6.08 Å². The lowest BCUT2D eigenvalue weighted by molar-refractivity contribution is 0.432. The van der Waals surface area contributed by atoms with Gasteiger partial charge in [-0.25, -0.2) is 0 Å². The molecule has 0 bridgehead atoms. The van der Waals surface area contributed by atoms with Gasteiger partial charge in [-0.1, -0.05) is 33.3 Å². The minimum absolute atomic E-state index is 0.654. The third-order valence-corrected chi connectivity index (χ3v) is 1.93. The van der Waals surface area contributed by atoms with E-state index in [1.165, 1.54) is 19.1 Å². The highest BCUT2D eigenvalue weighted by atomic mass is 14.3. The molecular weight excluding hydrogens is 134 g/mol. The summed E-state index contributed by atoms with van der Waals surface area (Å²) in [6.45, 7) is 6.66. The minimum Gasteiger partial charge on any atom is -0.309 e. The number of hydrogen-bond acceptors (Lipinski definition) is 1. The van der Waals surface area contributed by atoms with Crippen molar-refractivity contribution < 1.29 is 0 Å². The molecule has 0 heterocycles. The number of hydrogen-bond donors (Lipinski definition) is 1. The molecule has 0 aliphatic heterocycles. The monoisotopic (exact) mass is 153 g/mol. The van der Waals surface area contributed by atoms with Gasteiger partial charge >= 0.3 is 0 Å². The van der Waals surface area contributed by atoms with Crippen LogP contribution in [-0.4, -0.2) is 6.21 Å². The first-order valence-electron chi connectivity index (χ1n) is 4.39. The smallest absolute Gasteiger partial charge is 0.0174 e. The van der Waals surface area contributed by atoms with E-state index >= 15 is 0 Å². The zero-order valence-electron chi connectivity index (χ0n) is 7.80. The fourth-order valence-corrected chi connectivity index (χ4v) is 1.18. The molecular formula is C10H19N. The molecule has 0 saturated carbocycles.